The molecule has 0 bridgehead atoms. The zero-order valence-corrected chi connectivity index (χ0v) is 17.6. The van der Waals surface area contributed by atoms with Gasteiger partial charge in [0.2, 0.25) is 0 Å². The third kappa shape index (κ3) is 3.71. The first kappa shape index (κ1) is 18.8. The van der Waals surface area contributed by atoms with Gasteiger partial charge in [0.1, 0.15) is 11.4 Å². The maximum atomic E-state index is 6.77. The van der Waals surface area contributed by atoms with Gasteiger partial charge in [-0.2, -0.15) is 5.10 Å². The van der Waals surface area contributed by atoms with E-state index in [4.69, 9.17) is 22.1 Å². The van der Waals surface area contributed by atoms with Crippen LogP contribution in [0.5, 0.6) is 5.75 Å². The summed E-state index contributed by atoms with van der Waals surface area (Å²) in [5.41, 5.74) is 5.22. The third-order valence-corrected chi connectivity index (χ3v) is 6.80. The fourth-order valence-corrected chi connectivity index (χ4v) is 5.09. The molecule has 6 heteroatoms. The van der Waals surface area contributed by atoms with Gasteiger partial charge >= 0.3 is 0 Å². The Kier molecular flexibility index (Phi) is 5.14. The predicted octanol–water partition coefficient (Wildman–Crippen LogP) is 3.81. The Morgan fingerprint density at radius 3 is 2.69 bits per heavy atom. The van der Waals surface area contributed by atoms with Crippen LogP contribution >= 0.6 is 12.2 Å². The van der Waals surface area contributed by atoms with Gasteiger partial charge in [-0.3, -0.25) is 5.43 Å². The van der Waals surface area contributed by atoms with Gasteiger partial charge < -0.3 is 15.0 Å². The number of benzene rings is 2. The number of piperazine rings is 1. The van der Waals surface area contributed by atoms with Gasteiger partial charge in [0, 0.05) is 43.5 Å². The molecule has 2 N–H and O–H groups in total. The molecule has 3 aliphatic rings. The fraction of sp³-hybridized carbons (Fsp3) is 0.478. The lowest BCUT2D eigenvalue weighted by Gasteiger charge is -2.42. The first-order valence-electron chi connectivity index (χ1n) is 10.8. The van der Waals surface area contributed by atoms with Crippen LogP contribution in [0.3, 0.4) is 0 Å². The maximum absolute atomic E-state index is 6.77. The molecule has 0 amide bonds. The SMILES string of the molecule is S=C(N/N=C1\CC2(CCCCC2)Oc2c1ccc1ccccc21)N1CCNCC1. The summed E-state index contributed by atoms with van der Waals surface area (Å²) in [4.78, 5) is 2.19. The molecule has 1 saturated heterocycles. The lowest BCUT2D eigenvalue weighted by molar-refractivity contribution is 0.0336. The molecule has 1 spiro atoms. The minimum Gasteiger partial charge on any atom is -0.486 e. The second-order valence-corrected chi connectivity index (χ2v) is 8.79. The van der Waals surface area contributed by atoms with Crippen LogP contribution < -0.4 is 15.5 Å². The summed E-state index contributed by atoms with van der Waals surface area (Å²) >= 11 is 5.61. The second-order valence-electron chi connectivity index (χ2n) is 8.40. The van der Waals surface area contributed by atoms with Crippen molar-refractivity contribution in [1.29, 1.82) is 0 Å². The van der Waals surface area contributed by atoms with Crippen molar-refractivity contribution >= 4 is 33.8 Å². The summed E-state index contributed by atoms with van der Waals surface area (Å²) in [6.07, 6.45) is 6.77. The molecule has 152 valence electrons. The topological polar surface area (TPSA) is 48.9 Å². The molecule has 2 heterocycles. The van der Waals surface area contributed by atoms with Gasteiger partial charge in [-0.15, -0.1) is 0 Å². The predicted molar refractivity (Wildman–Crippen MR) is 122 cm³/mol. The summed E-state index contributed by atoms with van der Waals surface area (Å²) in [5, 5.41) is 11.3. The van der Waals surface area contributed by atoms with E-state index in [2.05, 4.69) is 52.0 Å². The number of rotatable bonds is 1. The van der Waals surface area contributed by atoms with Crippen molar-refractivity contribution in [2.75, 3.05) is 26.2 Å². The van der Waals surface area contributed by atoms with E-state index >= 15 is 0 Å². The molecular weight excluding hydrogens is 380 g/mol. The quantitative estimate of drug-likeness (QED) is 0.555. The molecule has 5 rings (SSSR count). The number of hydrogen-bond acceptors (Lipinski definition) is 4. The van der Waals surface area contributed by atoms with E-state index in [9.17, 15) is 0 Å². The summed E-state index contributed by atoms with van der Waals surface area (Å²) in [6, 6.07) is 12.8. The van der Waals surface area contributed by atoms with Crippen LogP contribution in [0.25, 0.3) is 10.8 Å². The molecule has 1 aliphatic carbocycles. The lowest BCUT2D eigenvalue weighted by Crippen LogP contribution is -2.49. The van der Waals surface area contributed by atoms with Crippen molar-refractivity contribution in [3.8, 4) is 5.75 Å². The van der Waals surface area contributed by atoms with Crippen LogP contribution in [0.15, 0.2) is 41.5 Å². The van der Waals surface area contributed by atoms with Gasteiger partial charge in [0.15, 0.2) is 5.11 Å². The van der Waals surface area contributed by atoms with Crippen molar-refractivity contribution in [2.24, 2.45) is 5.10 Å². The first-order chi connectivity index (χ1) is 14.2. The molecule has 2 aliphatic heterocycles. The largest absolute Gasteiger partial charge is 0.486 e. The average molecular weight is 409 g/mol. The Hall–Kier alpha value is -2.18. The van der Waals surface area contributed by atoms with E-state index in [1.54, 1.807) is 0 Å². The second kappa shape index (κ2) is 7.92. The highest BCUT2D eigenvalue weighted by Crippen LogP contribution is 2.44. The standard InChI is InChI=1S/C23H28N4OS/c29-22(27-14-12-24-13-15-27)26-25-20-16-23(10-4-1-5-11-23)28-21-18-7-3-2-6-17(18)8-9-19(20)21/h2-3,6-9,24H,1,4-5,10-16H2,(H,26,29)/b25-20+. The Morgan fingerprint density at radius 1 is 1.07 bits per heavy atom. The van der Waals surface area contributed by atoms with E-state index < -0.39 is 0 Å². The van der Waals surface area contributed by atoms with Crippen molar-refractivity contribution in [3.05, 3.63) is 42.0 Å². The third-order valence-electron chi connectivity index (χ3n) is 6.45. The van der Waals surface area contributed by atoms with E-state index in [-0.39, 0.29) is 5.60 Å². The molecule has 29 heavy (non-hydrogen) atoms. The average Bonchev–Trinajstić information content (AvgIpc) is 2.78. The highest BCUT2D eigenvalue weighted by atomic mass is 32.1. The highest BCUT2D eigenvalue weighted by Gasteiger charge is 2.41. The van der Waals surface area contributed by atoms with Gasteiger partial charge in [0.25, 0.3) is 0 Å². The van der Waals surface area contributed by atoms with Crippen LogP contribution in [0.4, 0.5) is 0 Å². The lowest BCUT2D eigenvalue weighted by atomic mass is 9.78. The molecule has 1 saturated carbocycles. The fourth-order valence-electron chi connectivity index (χ4n) is 4.86. The van der Waals surface area contributed by atoms with Crippen molar-refractivity contribution in [2.45, 2.75) is 44.1 Å². The van der Waals surface area contributed by atoms with Gasteiger partial charge in [-0.1, -0.05) is 36.8 Å². The number of hydrogen-bond donors (Lipinski definition) is 2. The molecule has 0 atom stereocenters. The van der Waals surface area contributed by atoms with Gasteiger partial charge in [0.05, 0.1) is 5.71 Å². The normalized spacial score (nSPS) is 22.3. The Bertz CT molecular complexity index is 945. The number of nitrogens with one attached hydrogen (secondary N) is 2. The van der Waals surface area contributed by atoms with E-state index in [1.807, 2.05) is 0 Å². The van der Waals surface area contributed by atoms with Gasteiger partial charge in [-0.25, -0.2) is 0 Å². The zero-order chi connectivity index (χ0) is 19.7. The molecule has 5 nitrogen and oxygen atoms in total. The van der Waals surface area contributed by atoms with E-state index in [0.29, 0.717) is 5.11 Å². The van der Waals surface area contributed by atoms with Crippen molar-refractivity contribution < 1.29 is 4.74 Å². The molecule has 0 unspecified atom stereocenters. The van der Waals surface area contributed by atoms with E-state index in [0.717, 1.165) is 62.5 Å². The highest BCUT2D eigenvalue weighted by molar-refractivity contribution is 7.80. The number of ether oxygens (including phenoxy) is 1. The first-order valence-corrected chi connectivity index (χ1v) is 11.2. The number of fused-ring (bicyclic) bond motifs is 3. The molecule has 0 aromatic heterocycles. The van der Waals surface area contributed by atoms with E-state index in [1.165, 1.54) is 30.0 Å². The van der Waals surface area contributed by atoms with Crippen molar-refractivity contribution in [1.82, 2.24) is 15.6 Å². The molecule has 2 aromatic rings. The molecule has 2 aromatic carbocycles. The Morgan fingerprint density at radius 2 is 1.86 bits per heavy atom. The van der Waals surface area contributed by atoms with Gasteiger partial charge in [-0.05, 0) is 49.4 Å². The minimum atomic E-state index is -0.132. The van der Waals surface area contributed by atoms with Crippen LogP contribution in [0, 0.1) is 0 Å². The number of hydrazone groups is 1. The Labute approximate surface area is 177 Å². The van der Waals surface area contributed by atoms with Crippen LogP contribution in [0.2, 0.25) is 0 Å². The van der Waals surface area contributed by atoms with Crippen LogP contribution in [0.1, 0.15) is 44.1 Å². The maximum Gasteiger partial charge on any atom is 0.189 e. The molecule has 2 fully saturated rings. The van der Waals surface area contributed by atoms with Crippen LogP contribution in [-0.2, 0) is 0 Å². The van der Waals surface area contributed by atoms with Crippen molar-refractivity contribution in [3.63, 3.8) is 0 Å². The number of nitrogens with zero attached hydrogens (tertiary/aromatic N) is 2. The Balaban J connectivity index is 1.50. The minimum absolute atomic E-state index is 0.132. The number of thiocarbonyl (C=S) groups is 1. The monoisotopic (exact) mass is 408 g/mol. The summed E-state index contributed by atoms with van der Waals surface area (Å²) < 4.78 is 6.77. The van der Waals surface area contributed by atoms with Crippen LogP contribution in [-0.4, -0.2) is 47.5 Å². The summed E-state index contributed by atoms with van der Waals surface area (Å²) in [7, 11) is 0. The summed E-state index contributed by atoms with van der Waals surface area (Å²) in [5.74, 6) is 0.991. The molecule has 0 radical (unpaired) electrons. The smallest absolute Gasteiger partial charge is 0.189 e. The summed E-state index contributed by atoms with van der Waals surface area (Å²) in [6.45, 7) is 3.77. The molecular formula is C23H28N4OS. The zero-order valence-electron chi connectivity index (χ0n) is 16.7.